The average Bonchev–Trinajstić information content (AvgIpc) is 2.20. The van der Waals surface area contributed by atoms with E-state index in [-0.39, 0.29) is 0 Å². The van der Waals surface area contributed by atoms with E-state index in [4.69, 9.17) is 4.74 Å². The van der Waals surface area contributed by atoms with Gasteiger partial charge in [-0.05, 0) is 43.5 Å². The molecular weight excluding hydrogens is 172 g/mol. The summed E-state index contributed by atoms with van der Waals surface area (Å²) in [4.78, 5) is 0. The zero-order valence-corrected chi connectivity index (χ0v) is 9.21. The van der Waals surface area contributed by atoms with Crippen LogP contribution in [0.3, 0.4) is 0 Å². The van der Waals surface area contributed by atoms with Gasteiger partial charge in [-0.3, -0.25) is 0 Å². The summed E-state index contributed by atoms with van der Waals surface area (Å²) in [5, 5.41) is 0. The van der Waals surface area contributed by atoms with Crippen molar-refractivity contribution in [3.63, 3.8) is 0 Å². The zero-order valence-electron chi connectivity index (χ0n) is 9.21. The largest absolute Gasteiger partial charge is 0.494 e. The summed E-state index contributed by atoms with van der Waals surface area (Å²) in [7, 11) is 0. The van der Waals surface area contributed by atoms with Crippen molar-refractivity contribution in [3.05, 3.63) is 35.9 Å². The third kappa shape index (κ3) is 2.91. The highest BCUT2D eigenvalue weighted by molar-refractivity contribution is 5.64. The molecule has 76 valence electrons. The molecule has 1 rings (SSSR count). The van der Waals surface area contributed by atoms with Crippen molar-refractivity contribution in [2.24, 2.45) is 0 Å². The van der Waals surface area contributed by atoms with Gasteiger partial charge in [-0.15, -0.1) is 0 Å². The Morgan fingerprint density at radius 1 is 1.21 bits per heavy atom. The number of rotatable bonds is 4. The number of allylic oxidation sites excluding steroid dienone is 2. The maximum absolute atomic E-state index is 5.38. The molecule has 0 aliphatic carbocycles. The molecule has 0 aromatic heterocycles. The summed E-state index contributed by atoms with van der Waals surface area (Å²) in [6, 6.07) is 8.25. The van der Waals surface area contributed by atoms with Crippen molar-refractivity contribution in [2.75, 3.05) is 6.61 Å². The minimum absolute atomic E-state index is 0.725. The second-order valence-electron chi connectivity index (χ2n) is 3.25. The highest BCUT2D eigenvalue weighted by atomic mass is 16.5. The summed E-state index contributed by atoms with van der Waals surface area (Å²) < 4.78 is 5.38. The van der Waals surface area contributed by atoms with Crippen LogP contribution in [0.2, 0.25) is 0 Å². The predicted octanol–water partition coefficient (Wildman–Crippen LogP) is 3.90. The topological polar surface area (TPSA) is 9.23 Å². The van der Waals surface area contributed by atoms with Crippen LogP contribution in [0, 0.1) is 0 Å². The Kier molecular flexibility index (Phi) is 4.24. The van der Waals surface area contributed by atoms with Gasteiger partial charge in [0.05, 0.1) is 6.61 Å². The fourth-order valence-corrected chi connectivity index (χ4v) is 1.40. The van der Waals surface area contributed by atoms with Crippen molar-refractivity contribution in [3.8, 4) is 5.75 Å². The van der Waals surface area contributed by atoms with Crippen LogP contribution in [-0.2, 0) is 0 Å². The summed E-state index contributed by atoms with van der Waals surface area (Å²) >= 11 is 0. The van der Waals surface area contributed by atoms with Gasteiger partial charge in [-0.2, -0.15) is 0 Å². The van der Waals surface area contributed by atoms with Crippen molar-refractivity contribution in [1.82, 2.24) is 0 Å². The van der Waals surface area contributed by atoms with E-state index < -0.39 is 0 Å². The summed E-state index contributed by atoms with van der Waals surface area (Å²) in [5.74, 6) is 0.945. The van der Waals surface area contributed by atoms with Crippen LogP contribution in [-0.4, -0.2) is 6.61 Å². The van der Waals surface area contributed by atoms with E-state index in [9.17, 15) is 0 Å². The Morgan fingerprint density at radius 3 is 2.36 bits per heavy atom. The highest BCUT2D eigenvalue weighted by Crippen LogP contribution is 2.18. The predicted molar refractivity (Wildman–Crippen MR) is 61.6 cm³/mol. The maximum atomic E-state index is 5.38. The number of hydrogen-bond donors (Lipinski definition) is 0. The van der Waals surface area contributed by atoms with Crippen molar-refractivity contribution in [1.29, 1.82) is 0 Å². The van der Waals surface area contributed by atoms with Gasteiger partial charge in [0.15, 0.2) is 0 Å². The molecule has 0 amide bonds. The summed E-state index contributed by atoms with van der Waals surface area (Å²) in [5.41, 5.74) is 2.60. The molecule has 0 N–H and O–H groups in total. The van der Waals surface area contributed by atoms with Crippen LogP contribution in [0.4, 0.5) is 0 Å². The molecule has 0 fully saturated rings. The summed E-state index contributed by atoms with van der Waals surface area (Å²) in [6.45, 7) is 7.01. The lowest BCUT2D eigenvalue weighted by atomic mass is 10.1. The van der Waals surface area contributed by atoms with Gasteiger partial charge >= 0.3 is 0 Å². The van der Waals surface area contributed by atoms with Crippen molar-refractivity contribution >= 4 is 5.57 Å². The van der Waals surface area contributed by atoms with Gasteiger partial charge in [0.1, 0.15) is 5.75 Å². The van der Waals surface area contributed by atoms with Gasteiger partial charge in [0.2, 0.25) is 0 Å². The van der Waals surface area contributed by atoms with E-state index >= 15 is 0 Å². The second kappa shape index (κ2) is 5.48. The third-order valence-electron chi connectivity index (χ3n) is 2.13. The molecule has 1 aromatic rings. The van der Waals surface area contributed by atoms with E-state index in [0.29, 0.717) is 0 Å². The van der Waals surface area contributed by atoms with E-state index in [1.165, 1.54) is 11.1 Å². The molecule has 0 spiro atoms. The molecule has 0 radical (unpaired) electrons. The molecule has 1 heteroatoms. The highest BCUT2D eigenvalue weighted by Gasteiger charge is 1.95. The molecular formula is C13H18O. The van der Waals surface area contributed by atoms with Crippen LogP contribution in [0.5, 0.6) is 5.75 Å². The number of benzene rings is 1. The van der Waals surface area contributed by atoms with Gasteiger partial charge < -0.3 is 4.74 Å². The van der Waals surface area contributed by atoms with E-state index in [2.05, 4.69) is 32.1 Å². The fraction of sp³-hybridized carbons (Fsp3) is 0.385. The van der Waals surface area contributed by atoms with Crippen LogP contribution in [0.25, 0.3) is 5.57 Å². The molecule has 0 saturated heterocycles. The molecule has 0 bridgehead atoms. The molecule has 0 heterocycles. The quantitative estimate of drug-likeness (QED) is 0.699. The smallest absolute Gasteiger partial charge is 0.119 e. The molecule has 0 saturated carbocycles. The van der Waals surface area contributed by atoms with Crippen LogP contribution >= 0.6 is 0 Å². The SMILES string of the molecule is CC/C=C(/C)c1ccc(OCC)cc1. The second-order valence-corrected chi connectivity index (χ2v) is 3.25. The zero-order chi connectivity index (χ0) is 10.4. The Balaban J connectivity index is 2.77. The van der Waals surface area contributed by atoms with Crippen LogP contribution in [0.15, 0.2) is 30.3 Å². The fourth-order valence-electron chi connectivity index (χ4n) is 1.40. The van der Waals surface area contributed by atoms with Gasteiger partial charge in [0, 0.05) is 0 Å². The van der Waals surface area contributed by atoms with E-state index in [0.717, 1.165) is 18.8 Å². The average molecular weight is 190 g/mol. The maximum Gasteiger partial charge on any atom is 0.119 e. The minimum atomic E-state index is 0.725. The van der Waals surface area contributed by atoms with Gasteiger partial charge in [-0.1, -0.05) is 25.1 Å². The molecule has 0 unspecified atom stereocenters. The van der Waals surface area contributed by atoms with E-state index in [1.54, 1.807) is 0 Å². The summed E-state index contributed by atoms with van der Waals surface area (Å²) in [6.07, 6.45) is 3.31. The molecule has 0 atom stereocenters. The molecule has 1 nitrogen and oxygen atoms in total. The number of hydrogen-bond acceptors (Lipinski definition) is 1. The first-order valence-corrected chi connectivity index (χ1v) is 5.18. The standard InChI is InChI=1S/C13H18O/c1-4-6-11(3)12-7-9-13(10-8-12)14-5-2/h6-10H,4-5H2,1-3H3/b11-6-. The van der Waals surface area contributed by atoms with Crippen LogP contribution in [0.1, 0.15) is 32.8 Å². The van der Waals surface area contributed by atoms with E-state index in [1.807, 2.05) is 19.1 Å². The van der Waals surface area contributed by atoms with Gasteiger partial charge in [-0.25, -0.2) is 0 Å². The lowest BCUT2D eigenvalue weighted by molar-refractivity contribution is 0.340. The Bertz CT molecular complexity index is 296. The first-order chi connectivity index (χ1) is 6.77. The minimum Gasteiger partial charge on any atom is -0.494 e. The molecule has 1 aromatic carbocycles. The Morgan fingerprint density at radius 2 is 1.86 bits per heavy atom. The Hall–Kier alpha value is -1.24. The first-order valence-electron chi connectivity index (χ1n) is 5.18. The molecule has 14 heavy (non-hydrogen) atoms. The van der Waals surface area contributed by atoms with Gasteiger partial charge in [0.25, 0.3) is 0 Å². The normalized spacial score (nSPS) is 11.5. The molecule has 0 aliphatic rings. The molecule has 0 aliphatic heterocycles. The van der Waals surface area contributed by atoms with Crippen molar-refractivity contribution in [2.45, 2.75) is 27.2 Å². The number of ether oxygens (including phenoxy) is 1. The monoisotopic (exact) mass is 190 g/mol. The lowest BCUT2D eigenvalue weighted by Gasteiger charge is -2.05. The van der Waals surface area contributed by atoms with Crippen LogP contribution < -0.4 is 4.74 Å². The Labute approximate surface area is 86.4 Å². The first kappa shape index (κ1) is 10.8. The lowest BCUT2D eigenvalue weighted by Crippen LogP contribution is -1.90. The van der Waals surface area contributed by atoms with Crippen molar-refractivity contribution < 1.29 is 4.74 Å². The third-order valence-corrected chi connectivity index (χ3v) is 2.13.